The molecule has 2 rings (SSSR count). The Morgan fingerprint density at radius 2 is 2.06 bits per heavy atom. The van der Waals surface area contributed by atoms with Crippen LogP contribution in [0.1, 0.15) is 17.5 Å². The summed E-state index contributed by atoms with van der Waals surface area (Å²) in [5.41, 5.74) is -0.617. The normalized spacial score (nSPS) is 20.8. The first-order valence-electron chi connectivity index (χ1n) is 5.53. The molecule has 0 amide bonds. The van der Waals surface area contributed by atoms with Crippen LogP contribution in [0.4, 0.5) is 17.6 Å². The number of halogens is 4. The molecule has 0 radical (unpaired) electrons. The Morgan fingerprint density at radius 3 is 2.65 bits per heavy atom. The van der Waals surface area contributed by atoms with E-state index in [1.165, 1.54) is 0 Å². The molecule has 0 saturated carbocycles. The Labute approximate surface area is 96.8 Å². The number of benzene rings is 1. The molecule has 1 aliphatic rings. The molecule has 17 heavy (non-hydrogen) atoms. The summed E-state index contributed by atoms with van der Waals surface area (Å²) in [4.78, 5) is 0. The fourth-order valence-corrected chi connectivity index (χ4v) is 2.11. The summed E-state index contributed by atoms with van der Waals surface area (Å²) in [6.07, 6.45) is -3.16. The molecule has 1 heterocycles. The van der Waals surface area contributed by atoms with Gasteiger partial charge >= 0.3 is 6.18 Å². The highest BCUT2D eigenvalue weighted by Gasteiger charge is 2.31. The van der Waals surface area contributed by atoms with Crippen molar-refractivity contribution in [3.8, 4) is 0 Å². The molecule has 1 N–H and O–H groups in total. The zero-order valence-corrected chi connectivity index (χ0v) is 9.15. The van der Waals surface area contributed by atoms with Gasteiger partial charge in [-0.25, -0.2) is 4.39 Å². The van der Waals surface area contributed by atoms with Crippen molar-refractivity contribution in [3.05, 3.63) is 35.1 Å². The van der Waals surface area contributed by atoms with Gasteiger partial charge < -0.3 is 5.32 Å². The van der Waals surface area contributed by atoms with Crippen LogP contribution in [0.5, 0.6) is 0 Å². The van der Waals surface area contributed by atoms with Gasteiger partial charge in [0.25, 0.3) is 0 Å². The van der Waals surface area contributed by atoms with Gasteiger partial charge in [-0.3, -0.25) is 0 Å². The fourth-order valence-electron chi connectivity index (χ4n) is 2.11. The van der Waals surface area contributed by atoms with Crippen molar-refractivity contribution in [2.75, 3.05) is 13.1 Å². The van der Waals surface area contributed by atoms with E-state index >= 15 is 0 Å². The summed E-state index contributed by atoms with van der Waals surface area (Å²) >= 11 is 0. The lowest BCUT2D eigenvalue weighted by atomic mass is 9.97. The Balaban J connectivity index is 2.20. The van der Waals surface area contributed by atoms with Crippen molar-refractivity contribution < 1.29 is 17.6 Å². The van der Waals surface area contributed by atoms with Crippen LogP contribution in [0.3, 0.4) is 0 Å². The smallest absolute Gasteiger partial charge is 0.316 e. The van der Waals surface area contributed by atoms with E-state index in [2.05, 4.69) is 5.32 Å². The second-order valence-electron chi connectivity index (χ2n) is 4.37. The summed E-state index contributed by atoms with van der Waals surface area (Å²) in [7, 11) is 0. The van der Waals surface area contributed by atoms with E-state index in [4.69, 9.17) is 0 Å². The lowest BCUT2D eigenvalue weighted by Gasteiger charge is -2.12. The average molecular weight is 247 g/mol. The van der Waals surface area contributed by atoms with Gasteiger partial charge in [0.15, 0.2) is 0 Å². The maximum Gasteiger partial charge on any atom is 0.416 e. The molecule has 5 heteroatoms. The van der Waals surface area contributed by atoms with E-state index in [0.717, 1.165) is 37.7 Å². The van der Waals surface area contributed by atoms with Crippen LogP contribution < -0.4 is 5.32 Å². The zero-order chi connectivity index (χ0) is 12.5. The first kappa shape index (κ1) is 12.4. The van der Waals surface area contributed by atoms with Crippen molar-refractivity contribution in [2.24, 2.45) is 5.92 Å². The molecule has 0 aliphatic carbocycles. The molecule has 1 aliphatic heterocycles. The molecular formula is C12H13F4N. The van der Waals surface area contributed by atoms with Gasteiger partial charge in [-0.15, -0.1) is 0 Å². The Hall–Kier alpha value is -1.10. The van der Waals surface area contributed by atoms with Crippen LogP contribution >= 0.6 is 0 Å². The molecule has 1 aromatic carbocycles. The number of hydrogen-bond acceptors (Lipinski definition) is 1. The predicted molar refractivity (Wildman–Crippen MR) is 56.1 cm³/mol. The van der Waals surface area contributed by atoms with E-state index in [1.54, 1.807) is 0 Å². The number of nitrogens with one attached hydrogen (secondary N) is 1. The van der Waals surface area contributed by atoms with Crippen LogP contribution in [0.15, 0.2) is 18.2 Å². The lowest BCUT2D eigenvalue weighted by Crippen LogP contribution is -2.12. The molecule has 0 spiro atoms. The molecule has 1 unspecified atom stereocenters. The predicted octanol–water partition coefficient (Wildman–Crippen LogP) is 3.00. The van der Waals surface area contributed by atoms with Gasteiger partial charge in [-0.05, 0) is 55.6 Å². The van der Waals surface area contributed by atoms with Crippen LogP contribution in [-0.2, 0) is 12.6 Å². The van der Waals surface area contributed by atoms with Gasteiger partial charge in [0.05, 0.1) is 5.56 Å². The second-order valence-corrected chi connectivity index (χ2v) is 4.37. The summed E-state index contributed by atoms with van der Waals surface area (Å²) in [6.45, 7) is 1.60. The maximum atomic E-state index is 13.4. The van der Waals surface area contributed by atoms with Crippen LogP contribution in [0.25, 0.3) is 0 Å². The maximum absolute atomic E-state index is 13.4. The van der Waals surface area contributed by atoms with Gasteiger partial charge in [0, 0.05) is 0 Å². The van der Waals surface area contributed by atoms with E-state index in [0.29, 0.717) is 6.42 Å². The molecule has 1 atom stereocenters. The second kappa shape index (κ2) is 4.64. The first-order valence-corrected chi connectivity index (χ1v) is 5.53. The summed E-state index contributed by atoms with van der Waals surface area (Å²) < 4.78 is 50.9. The Bertz CT molecular complexity index is 394. The minimum Gasteiger partial charge on any atom is -0.316 e. The summed E-state index contributed by atoms with van der Waals surface area (Å²) in [6, 6.07) is 2.61. The molecule has 94 valence electrons. The first-order chi connectivity index (χ1) is 7.97. The van der Waals surface area contributed by atoms with Gasteiger partial charge in [0.2, 0.25) is 0 Å². The molecule has 1 nitrogen and oxygen atoms in total. The van der Waals surface area contributed by atoms with Crippen molar-refractivity contribution in [1.82, 2.24) is 5.32 Å². The standard InChI is InChI=1S/C12H13F4N/c13-11-2-1-10(12(14,15)16)6-9(11)5-8-3-4-17-7-8/h1-2,6,8,17H,3-5,7H2. The van der Waals surface area contributed by atoms with Crippen LogP contribution in [-0.4, -0.2) is 13.1 Å². The molecular weight excluding hydrogens is 234 g/mol. The van der Waals surface area contributed by atoms with Gasteiger partial charge in [-0.1, -0.05) is 0 Å². The highest BCUT2D eigenvalue weighted by Crippen LogP contribution is 2.31. The minimum atomic E-state index is -4.41. The fraction of sp³-hybridized carbons (Fsp3) is 0.500. The van der Waals surface area contributed by atoms with E-state index < -0.39 is 17.6 Å². The van der Waals surface area contributed by atoms with Crippen molar-refractivity contribution in [1.29, 1.82) is 0 Å². The third kappa shape index (κ3) is 2.97. The van der Waals surface area contributed by atoms with Gasteiger partial charge in [0.1, 0.15) is 5.82 Å². The van der Waals surface area contributed by atoms with Crippen molar-refractivity contribution in [2.45, 2.75) is 19.0 Å². The van der Waals surface area contributed by atoms with Gasteiger partial charge in [-0.2, -0.15) is 13.2 Å². The zero-order valence-electron chi connectivity index (χ0n) is 9.15. The molecule has 1 fully saturated rings. The highest BCUT2D eigenvalue weighted by molar-refractivity contribution is 5.27. The summed E-state index contributed by atoms with van der Waals surface area (Å²) in [5.74, 6) is -0.321. The molecule has 1 aromatic rings. The van der Waals surface area contributed by atoms with Crippen LogP contribution in [0, 0.1) is 11.7 Å². The minimum absolute atomic E-state index is 0.161. The molecule has 0 bridgehead atoms. The Morgan fingerprint density at radius 1 is 1.29 bits per heavy atom. The topological polar surface area (TPSA) is 12.0 Å². The highest BCUT2D eigenvalue weighted by atomic mass is 19.4. The monoisotopic (exact) mass is 247 g/mol. The quantitative estimate of drug-likeness (QED) is 0.792. The van der Waals surface area contributed by atoms with Crippen LogP contribution in [0.2, 0.25) is 0 Å². The largest absolute Gasteiger partial charge is 0.416 e. The SMILES string of the molecule is Fc1ccc(C(F)(F)F)cc1CC1CCNC1. The third-order valence-corrected chi connectivity index (χ3v) is 3.04. The number of rotatable bonds is 2. The van der Waals surface area contributed by atoms with Crippen molar-refractivity contribution >= 4 is 0 Å². The van der Waals surface area contributed by atoms with Crippen molar-refractivity contribution in [3.63, 3.8) is 0 Å². The molecule has 0 aromatic heterocycles. The Kier molecular flexibility index (Phi) is 3.38. The van der Waals surface area contributed by atoms with E-state index in [-0.39, 0.29) is 11.5 Å². The molecule has 1 saturated heterocycles. The van der Waals surface area contributed by atoms with E-state index in [9.17, 15) is 17.6 Å². The lowest BCUT2D eigenvalue weighted by molar-refractivity contribution is -0.137. The average Bonchev–Trinajstić information content (AvgIpc) is 2.72. The third-order valence-electron chi connectivity index (χ3n) is 3.04. The summed E-state index contributed by atoms with van der Waals surface area (Å²) in [5, 5.41) is 3.11. The van der Waals surface area contributed by atoms with E-state index in [1.807, 2.05) is 0 Å². The number of hydrogen-bond donors (Lipinski definition) is 1. The number of alkyl halides is 3.